The summed E-state index contributed by atoms with van der Waals surface area (Å²) in [7, 11) is 0. The standard InChI is InChI=1S/C24H23FN4O3/c1-14-6-8-16(9-7-14)23(30)28-29-24(31)22-15(2)21-19(4-3-5-20(21)32-22)27-26-18-12-10-17(25)11-13-18/h6-13,26H,3-5H2,1-2H3,(H,28,30)(H,29,31)/b27-19+. The zero-order valence-corrected chi connectivity index (χ0v) is 17.8. The molecule has 1 aliphatic carbocycles. The predicted molar refractivity (Wildman–Crippen MR) is 119 cm³/mol. The van der Waals surface area contributed by atoms with E-state index in [-0.39, 0.29) is 11.6 Å². The van der Waals surface area contributed by atoms with Gasteiger partial charge >= 0.3 is 5.91 Å². The van der Waals surface area contributed by atoms with E-state index in [4.69, 9.17) is 4.42 Å². The van der Waals surface area contributed by atoms with Crippen LogP contribution in [0.2, 0.25) is 0 Å². The van der Waals surface area contributed by atoms with Crippen LogP contribution in [0.3, 0.4) is 0 Å². The molecule has 1 aliphatic rings. The van der Waals surface area contributed by atoms with E-state index in [2.05, 4.69) is 21.4 Å². The summed E-state index contributed by atoms with van der Waals surface area (Å²) in [5, 5.41) is 4.46. The van der Waals surface area contributed by atoms with Gasteiger partial charge in [0.25, 0.3) is 5.91 Å². The van der Waals surface area contributed by atoms with Crippen molar-refractivity contribution in [1.29, 1.82) is 0 Å². The number of hydrogen-bond donors (Lipinski definition) is 3. The lowest BCUT2D eigenvalue weighted by Crippen LogP contribution is -2.41. The highest BCUT2D eigenvalue weighted by Crippen LogP contribution is 2.30. The Morgan fingerprint density at radius 3 is 2.34 bits per heavy atom. The van der Waals surface area contributed by atoms with Gasteiger partial charge in [-0.2, -0.15) is 5.10 Å². The smallest absolute Gasteiger partial charge is 0.305 e. The average molecular weight is 434 g/mol. The van der Waals surface area contributed by atoms with Crippen molar-refractivity contribution in [2.45, 2.75) is 33.1 Å². The number of hydrazine groups is 1. The van der Waals surface area contributed by atoms with E-state index in [1.165, 1.54) is 12.1 Å². The molecule has 32 heavy (non-hydrogen) atoms. The number of aryl methyl sites for hydroxylation is 2. The summed E-state index contributed by atoms with van der Waals surface area (Å²) in [5.41, 5.74) is 12.1. The number of fused-ring (bicyclic) bond motifs is 1. The minimum absolute atomic E-state index is 0.135. The molecular formula is C24H23FN4O3. The number of halogens is 1. The summed E-state index contributed by atoms with van der Waals surface area (Å²) >= 11 is 0. The molecule has 0 saturated heterocycles. The first-order valence-corrected chi connectivity index (χ1v) is 10.3. The number of carbonyl (C=O) groups excluding carboxylic acids is 2. The monoisotopic (exact) mass is 434 g/mol. The molecule has 0 bridgehead atoms. The third-order valence-electron chi connectivity index (χ3n) is 5.30. The minimum atomic E-state index is -0.539. The van der Waals surface area contributed by atoms with Crippen LogP contribution in [-0.4, -0.2) is 17.5 Å². The van der Waals surface area contributed by atoms with Crippen LogP contribution in [0.15, 0.2) is 58.0 Å². The Morgan fingerprint density at radius 2 is 1.62 bits per heavy atom. The number of nitrogens with one attached hydrogen (secondary N) is 3. The van der Waals surface area contributed by atoms with Gasteiger partial charge in [-0.25, -0.2) is 4.39 Å². The van der Waals surface area contributed by atoms with Crippen LogP contribution >= 0.6 is 0 Å². The van der Waals surface area contributed by atoms with E-state index < -0.39 is 11.8 Å². The third-order valence-corrected chi connectivity index (χ3v) is 5.30. The number of carbonyl (C=O) groups is 2. The SMILES string of the molecule is Cc1ccc(C(=O)NNC(=O)c2oc3c(c2C)/C(=N/Nc2ccc(F)cc2)CCC3)cc1. The van der Waals surface area contributed by atoms with E-state index in [9.17, 15) is 14.0 Å². The van der Waals surface area contributed by atoms with Crippen LogP contribution in [0.1, 0.15) is 56.2 Å². The molecule has 7 nitrogen and oxygen atoms in total. The number of benzene rings is 2. The Labute approximate surface area is 184 Å². The maximum atomic E-state index is 13.1. The van der Waals surface area contributed by atoms with Crippen LogP contribution in [0.4, 0.5) is 10.1 Å². The highest BCUT2D eigenvalue weighted by atomic mass is 19.1. The van der Waals surface area contributed by atoms with Crippen LogP contribution < -0.4 is 16.3 Å². The fraction of sp³-hybridized carbons (Fsp3) is 0.208. The van der Waals surface area contributed by atoms with Gasteiger partial charge in [0.2, 0.25) is 0 Å². The van der Waals surface area contributed by atoms with Gasteiger partial charge < -0.3 is 4.42 Å². The maximum absolute atomic E-state index is 13.1. The molecule has 3 aromatic rings. The zero-order valence-electron chi connectivity index (χ0n) is 17.8. The molecule has 0 radical (unpaired) electrons. The molecule has 0 atom stereocenters. The van der Waals surface area contributed by atoms with E-state index in [1.54, 1.807) is 31.2 Å². The number of hydrogen-bond acceptors (Lipinski definition) is 5. The second-order valence-corrected chi connectivity index (χ2v) is 7.66. The Balaban J connectivity index is 1.48. The number of anilines is 1. The van der Waals surface area contributed by atoms with Crippen molar-refractivity contribution in [2.24, 2.45) is 5.10 Å². The first-order valence-electron chi connectivity index (χ1n) is 10.3. The molecule has 164 valence electrons. The number of furan rings is 1. The molecule has 1 aromatic heterocycles. The molecule has 2 aromatic carbocycles. The summed E-state index contributed by atoms with van der Waals surface area (Å²) in [6.07, 6.45) is 2.23. The molecule has 0 unspecified atom stereocenters. The molecular weight excluding hydrogens is 411 g/mol. The molecule has 1 heterocycles. The minimum Gasteiger partial charge on any atom is -0.455 e. The average Bonchev–Trinajstić information content (AvgIpc) is 3.14. The van der Waals surface area contributed by atoms with Gasteiger partial charge in [-0.15, -0.1) is 0 Å². The van der Waals surface area contributed by atoms with Crippen LogP contribution in [0.25, 0.3) is 0 Å². The Hall–Kier alpha value is -3.94. The second kappa shape index (κ2) is 9.05. The largest absolute Gasteiger partial charge is 0.455 e. The fourth-order valence-electron chi connectivity index (χ4n) is 3.60. The molecule has 3 N–H and O–H groups in total. The number of hydrazone groups is 1. The summed E-state index contributed by atoms with van der Waals surface area (Å²) < 4.78 is 18.9. The number of rotatable bonds is 4. The van der Waals surface area contributed by atoms with Crippen molar-refractivity contribution in [1.82, 2.24) is 10.9 Å². The zero-order chi connectivity index (χ0) is 22.7. The summed E-state index contributed by atoms with van der Waals surface area (Å²) in [6, 6.07) is 12.9. The molecule has 2 amide bonds. The number of nitrogens with zero attached hydrogens (tertiary/aromatic N) is 1. The summed E-state index contributed by atoms with van der Waals surface area (Å²) in [4.78, 5) is 24.9. The van der Waals surface area contributed by atoms with Gasteiger partial charge in [0, 0.05) is 23.1 Å². The van der Waals surface area contributed by atoms with Crippen molar-refractivity contribution in [3.63, 3.8) is 0 Å². The van der Waals surface area contributed by atoms with E-state index in [0.717, 1.165) is 23.3 Å². The molecule has 4 rings (SSSR count). The second-order valence-electron chi connectivity index (χ2n) is 7.66. The Bertz CT molecular complexity index is 1180. The quantitative estimate of drug-likeness (QED) is 0.535. The molecule has 0 saturated carbocycles. The summed E-state index contributed by atoms with van der Waals surface area (Å²) in [6.45, 7) is 3.72. The first kappa shape index (κ1) is 21.3. The van der Waals surface area contributed by atoms with Crippen molar-refractivity contribution < 1.29 is 18.4 Å². The fourth-order valence-corrected chi connectivity index (χ4v) is 3.60. The first-order chi connectivity index (χ1) is 15.4. The van der Waals surface area contributed by atoms with Crippen molar-refractivity contribution in [3.8, 4) is 0 Å². The lowest BCUT2D eigenvalue weighted by Gasteiger charge is -2.13. The lowest BCUT2D eigenvalue weighted by atomic mass is 9.93. The lowest BCUT2D eigenvalue weighted by molar-refractivity contribution is 0.0829. The molecule has 0 spiro atoms. The van der Waals surface area contributed by atoms with Gasteiger partial charge in [-0.1, -0.05) is 17.7 Å². The van der Waals surface area contributed by atoms with Gasteiger partial charge in [0.1, 0.15) is 11.6 Å². The molecule has 8 heteroatoms. The number of amides is 2. The topological polar surface area (TPSA) is 95.7 Å². The third kappa shape index (κ3) is 4.54. The van der Waals surface area contributed by atoms with Crippen LogP contribution in [-0.2, 0) is 6.42 Å². The normalized spacial score (nSPS) is 14.0. The highest BCUT2D eigenvalue weighted by Gasteiger charge is 2.28. The van der Waals surface area contributed by atoms with Gasteiger partial charge in [-0.05, 0) is 63.1 Å². The van der Waals surface area contributed by atoms with E-state index in [1.807, 2.05) is 19.1 Å². The van der Waals surface area contributed by atoms with E-state index >= 15 is 0 Å². The summed E-state index contributed by atoms with van der Waals surface area (Å²) in [5.74, 6) is -0.459. The van der Waals surface area contributed by atoms with Gasteiger partial charge in [0.15, 0.2) is 5.76 Å². The van der Waals surface area contributed by atoms with Crippen LogP contribution in [0, 0.1) is 19.7 Å². The van der Waals surface area contributed by atoms with Crippen LogP contribution in [0.5, 0.6) is 0 Å². The van der Waals surface area contributed by atoms with Crippen molar-refractivity contribution >= 4 is 23.2 Å². The van der Waals surface area contributed by atoms with Gasteiger partial charge in [-0.3, -0.25) is 25.9 Å². The van der Waals surface area contributed by atoms with Crippen molar-refractivity contribution in [2.75, 3.05) is 5.43 Å². The predicted octanol–water partition coefficient (Wildman–Crippen LogP) is 4.26. The maximum Gasteiger partial charge on any atom is 0.305 e. The molecule has 0 aliphatic heterocycles. The Kier molecular flexibility index (Phi) is 6.02. The highest BCUT2D eigenvalue weighted by molar-refractivity contribution is 6.07. The molecule has 0 fully saturated rings. The van der Waals surface area contributed by atoms with Gasteiger partial charge in [0.05, 0.1) is 11.4 Å². The Morgan fingerprint density at radius 1 is 0.938 bits per heavy atom. The van der Waals surface area contributed by atoms with E-state index in [0.29, 0.717) is 35.4 Å². The van der Waals surface area contributed by atoms with Crippen molar-refractivity contribution in [3.05, 3.63) is 88.1 Å².